The number of nitrogens with one attached hydrogen (secondary N) is 1. The van der Waals surface area contributed by atoms with Crippen LogP contribution in [0.15, 0.2) is 29.6 Å². The van der Waals surface area contributed by atoms with Crippen molar-refractivity contribution in [1.29, 1.82) is 0 Å². The van der Waals surface area contributed by atoms with Gasteiger partial charge in [-0.1, -0.05) is 12.1 Å². The molecule has 2 aromatic rings. The second-order valence-corrected chi connectivity index (χ2v) is 4.46. The van der Waals surface area contributed by atoms with Gasteiger partial charge in [0.05, 0.1) is 23.8 Å². The van der Waals surface area contributed by atoms with Crippen molar-refractivity contribution in [3.63, 3.8) is 0 Å². The fourth-order valence-corrected chi connectivity index (χ4v) is 2.18. The number of nitro groups is 1. The van der Waals surface area contributed by atoms with Crippen LogP contribution in [-0.4, -0.2) is 15.0 Å². The largest absolute Gasteiger partial charge is 0.390 e. The van der Waals surface area contributed by atoms with Crippen LogP contribution in [0.5, 0.6) is 0 Å². The van der Waals surface area contributed by atoms with Crippen LogP contribution in [0, 0.1) is 10.1 Å². The molecule has 7 heteroatoms. The monoisotopic (exact) mass is 265 g/mol. The smallest absolute Gasteiger partial charge is 0.292 e. The first-order chi connectivity index (χ1) is 8.70. The van der Waals surface area contributed by atoms with Crippen LogP contribution in [0.4, 0.5) is 11.4 Å². The van der Waals surface area contributed by atoms with E-state index < -0.39 is 4.92 Å². The molecule has 1 aromatic carbocycles. The molecule has 0 bridgehead atoms. The van der Waals surface area contributed by atoms with E-state index in [4.69, 9.17) is 5.11 Å². The maximum Gasteiger partial charge on any atom is 0.292 e. The van der Waals surface area contributed by atoms with Crippen LogP contribution >= 0.6 is 11.3 Å². The lowest BCUT2D eigenvalue weighted by molar-refractivity contribution is -0.384. The summed E-state index contributed by atoms with van der Waals surface area (Å²) in [5, 5.41) is 25.2. The molecule has 0 aliphatic heterocycles. The first kappa shape index (κ1) is 12.5. The van der Waals surface area contributed by atoms with Gasteiger partial charge in [0.15, 0.2) is 0 Å². The number of aliphatic hydroxyl groups is 1. The Bertz CT molecular complexity index is 556. The van der Waals surface area contributed by atoms with Gasteiger partial charge in [-0.05, 0) is 6.07 Å². The summed E-state index contributed by atoms with van der Waals surface area (Å²) in [5.41, 5.74) is 1.11. The Labute approximate surface area is 107 Å². The Morgan fingerprint density at radius 2 is 2.22 bits per heavy atom. The Morgan fingerprint density at radius 3 is 2.89 bits per heavy atom. The number of rotatable bonds is 5. The van der Waals surface area contributed by atoms with E-state index in [1.165, 1.54) is 17.4 Å². The summed E-state index contributed by atoms with van der Waals surface area (Å²) in [6.45, 7) is 0.303. The molecule has 0 saturated carbocycles. The van der Waals surface area contributed by atoms with E-state index >= 15 is 0 Å². The van der Waals surface area contributed by atoms with Gasteiger partial charge in [0.25, 0.3) is 5.69 Å². The maximum atomic E-state index is 10.8. The molecular weight excluding hydrogens is 254 g/mol. The summed E-state index contributed by atoms with van der Waals surface area (Å²) in [7, 11) is 0. The number of para-hydroxylation sites is 2. The molecule has 0 unspecified atom stereocenters. The summed E-state index contributed by atoms with van der Waals surface area (Å²) in [5.74, 6) is 0. The minimum atomic E-state index is -0.427. The van der Waals surface area contributed by atoms with Crippen molar-refractivity contribution in [2.45, 2.75) is 13.2 Å². The van der Waals surface area contributed by atoms with Crippen molar-refractivity contribution in [1.82, 2.24) is 4.98 Å². The summed E-state index contributed by atoms with van der Waals surface area (Å²) < 4.78 is 0. The first-order valence-electron chi connectivity index (χ1n) is 5.22. The van der Waals surface area contributed by atoms with Crippen LogP contribution < -0.4 is 5.32 Å². The van der Waals surface area contributed by atoms with Crippen molar-refractivity contribution in [3.05, 3.63) is 50.5 Å². The van der Waals surface area contributed by atoms with Crippen molar-refractivity contribution in [2.75, 3.05) is 5.32 Å². The van der Waals surface area contributed by atoms with E-state index in [1.807, 2.05) is 0 Å². The predicted molar refractivity (Wildman–Crippen MR) is 68.5 cm³/mol. The molecule has 1 heterocycles. The second-order valence-electron chi connectivity index (χ2n) is 3.52. The number of hydrogen-bond donors (Lipinski definition) is 2. The molecule has 94 valence electrons. The van der Waals surface area contributed by atoms with Crippen LogP contribution in [0.2, 0.25) is 0 Å². The van der Waals surface area contributed by atoms with Gasteiger partial charge in [-0.25, -0.2) is 4.98 Å². The quantitative estimate of drug-likeness (QED) is 0.638. The molecule has 2 N–H and O–H groups in total. The fourth-order valence-electron chi connectivity index (χ4n) is 1.46. The van der Waals surface area contributed by atoms with E-state index in [9.17, 15) is 10.1 Å². The number of aromatic nitrogens is 1. The Balaban J connectivity index is 2.08. The minimum absolute atomic E-state index is 0.0384. The van der Waals surface area contributed by atoms with Gasteiger partial charge in [0.2, 0.25) is 0 Å². The number of anilines is 1. The highest BCUT2D eigenvalue weighted by Crippen LogP contribution is 2.24. The van der Waals surface area contributed by atoms with Crippen LogP contribution in [0.1, 0.15) is 10.7 Å². The molecule has 0 amide bonds. The van der Waals surface area contributed by atoms with Crippen LogP contribution in [-0.2, 0) is 13.2 Å². The SMILES string of the molecule is O=[N+]([O-])c1ccccc1NCc1nc(CO)cs1. The molecule has 0 radical (unpaired) electrons. The highest BCUT2D eigenvalue weighted by molar-refractivity contribution is 7.09. The van der Waals surface area contributed by atoms with Gasteiger partial charge < -0.3 is 10.4 Å². The van der Waals surface area contributed by atoms with Gasteiger partial charge in [0.1, 0.15) is 10.7 Å². The third kappa shape index (κ3) is 2.82. The lowest BCUT2D eigenvalue weighted by Gasteiger charge is -2.04. The molecule has 0 spiro atoms. The molecule has 0 aliphatic rings. The van der Waals surface area contributed by atoms with Gasteiger partial charge in [-0.15, -0.1) is 11.3 Å². The van der Waals surface area contributed by atoms with Crippen molar-refractivity contribution >= 4 is 22.7 Å². The molecule has 0 fully saturated rings. The normalized spacial score (nSPS) is 10.3. The first-order valence-corrected chi connectivity index (χ1v) is 6.10. The van der Waals surface area contributed by atoms with E-state index in [2.05, 4.69) is 10.3 Å². The highest BCUT2D eigenvalue weighted by atomic mass is 32.1. The average Bonchev–Trinajstić information content (AvgIpc) is 2.84. The summed E-state index contributed by atoms with van der Waals surface area (Å²) in [6, 6.07) is 6.45. The summed E-state index contributed by atoms with van der Waals surface area (Å²) in [4.78, 5) is 14.5. The molecule has 0 atom stereocenters. The van der Waals surface area contributed by atoms with Crippen LogP contribution in [0.3, 0.4) is 0 Å². The van der Waals surface area contributed by atoms with E-state index in [0.717, 1.165) is 5.01 Å². The summed E-state index contributed by atoms with van der Waals surface area (Å²) >= 11 is 1.40. The van der Waals surface area contributed by atoms with Crippen molar-refractivity contribution < 1.29 is 10.0 Å². The lowest BCUT2D eigenvalue weighted by Crippen LogP contribution is -2.02. The number of thiazole rings is 1. The number of nitro benzene ring substituents is 1. The molecule has 2 rings (SSSR count). The summed E-state index contributed by atoms with van der Waals surface area (Å²) in [6.07, 6.45) is 0. The molecule has 0 saturated heterocycles. The second kappa shape index (κ2) is 5.56. The number of hydrogen-bond acceptors (Lipinski definition) is 6. The predicted octanol–water partition coefficient (Wildman–Crippen LogP) is 2.16. The minimum Gasteiger partial charge on any atom is -0.390 e. The number of nitrogens with zero attached hydrogens (tertiary/aromatic N) is 2. The Hall–Kier alpha value is -1.99. The molecule has 0 aliphatic carbocycles. The zero-order valence-electron chi connectivity index (χ0n) is 9.37. The third-order valence-corrected chi connectivity index (χ3v) is 3.19. The van der Waals surface area contributed by atoms with Gasteiger partial charge in [-0.3, -0.25) is 10.1 Å². The molecular formula is C11H11N3O3S. The van der Waals surface area contributed by atoms with Gasteiger partial charge in [-0.2, -0.15) is 0 Å². The van der Waals surface area contributed by atoms with E-state index in [0.29, 0.717) is 17.9 Å². The van der Waals surface area contributed by atoms with Gasteiger partial charge in [0, 0.05) is 11.4 Å². The number of aliphatic hydroxyl groups excluding tert-OH is 1. The van der Waals surface area contributed by atoms with Crippen LogP contribution in [0.25, 0.3) is 0 Å². The maximum absolute atomic E-state index is 10.8. The lowest BCUT2D eigenvalue weighted by atomic mass is 10.2. The molecule has 18 heavy (non-hydrogen) atoms. The third-order valence-electron chi connectivity index (χ3n) is 2.29. The topological polar surface area (TPSA) is 88.3 Å². The zero-order valence-corrected chi connectivity index (χ0v) is 10.2. The Morgan fingerprint density at radius 1 is 1.44 bits per heavy atom. The number of benzene rings is 1. The van der Waals surface area contributed by atoms with Crippen molar-refractivity contribution in [2.24, 2.45) is 0 Å². The average molecular weight is 265 g/mol. The highest BCUT2D eigenvalue weighted by Gasteiger charge is 2.12. The van der Waals surface area contributed by atoms with Crippen molar-refractivity contribution in [3.8, 4) is 0 Å². The van der Waals surface area contributed by atoms with E-state index in [1.54, 1.807) is 23.6 Å². The van der Waals surface area contributed by atoms with E-state index in [-0.39, 0.29) is 12.3 Å². The standard InChI is InChI=1S/C11H11N3O3S/c15-6-8-7-18-11(13-8)5-12-9-3-1-2-4-10(9)14(16)17/h1-4,7,12,15H,5-6H2. The zero-order chi connectivity index (χ0) is 13.0. The van der Waals surface area contributed by atoms with Gasteiger partial charge >= 0.3 is 0 Å². The molecule has 1 aromatic heterocycles. The molecule has 6 nitrogen and oxygen atoms in total. The Kier molecular flexibility index (Phi) is 3.85. The fraction of sp³-hybridized carbons (Fsp3) is 0.182.